The minimum atomic E-state index is -0.304. The second-order valence-corrected chi connectivity index (χ2v) is 13.5. The van der Waals surface area contributed by atoms with E-state index in [2.05, 4.69) is 33.2 Å². The van der Waals surface area contributed by atoms with Crippen molar-refractivity contribution in [3.63, 3.8) is 0 Å². The summed E-state index contributed by atoms with van der Waals surface area (Å²) in [6.07, 6.45) is 5.45. The van der Waals surface area contributed by atoms with Gasteiger partial charge >= 0.3 is 0 Å². The van der Waals surface area contributed by atoms with Crippen molar-refractivity contribution in [3.05, 3.63) is 89.9 Å². The van der Waals surface area contributed by atoms with Crippen LogP contribution in [0.1, 0.15) is 58.2 Å². The monoisotopic (exact) mass is 600 g/mol. The van der Waals surface area contributed by atoms with E-state index in [0.29, 0.717) is 37.3 Å². The summed E-state index contributed by atoms with van der Waals surface area (Å²) < 4.78 is 18.0. The van der Waals surface area contributed by atoms with Crippen molar-refractivity contribution in [2.75, 3.05) is 19.6 Å². The summed E-state index contributed by atoms with van der Waals surface area (Å²) >= 11 is 0. The number of pyridine rings is 3. The van der Waals surface area contributed by atoms with Gasteiger partial charge in [0.05, 0.1) is 53.4 Å². The SMILES string of the molecule is CC1(C)CN=C(c2ccc(-c3cc(-c4ccc(C5=NCC(C)(C)O5)cn4)cc(-c4ccc(C5=NCC(C)(C)O5)cn4)c3)nc2)O1. The Morgan fingerprint density at radius 3 is 0.911 bits per heavy atom. The number of aromatic nitrogens is 3. The van der Waals surface area contributed by atoms with E-state index in [1.54, 1.807) is 0 Å². The zero-order valence-corrected chi connectivity index (χ0v) is 26.5. The summed E-state index contributed by atoms with van der Waals surface area (Å²) in [7, 11) is 0. The molecule has 0 radical (unpaired) electrons. The number of hydrogen-bond acceptors (Lipinski definition) is 9. The molecule has 0 saturated heterocycles. The van der Waals surface area contributed by atoms with Gasteiger partial charge in [0, 0.05) is 35.3 Å². The molecule has 0 saturated carbocycles. The van der Waals surface area contributed by atoms with Crippen LogP contribution in [0.4, 0.5) is 0 Å². The number of aliphatic imine (C=N–C) groups is 3. The van der Waals surface area contributed by atoms with Gasteiger partial charge < -0.3 is 14.2 Å². The van der Waals surface area contributed by atoms with Crippen LogP contribution in [-0.4, -0.2) is 69.1 Å². The van der Waals surface area contributed by atoms with Crippen molar-refractivity contribution in [2.45, 2.75) is 58.3 Å². The molecule has 3 aliphatic rings. The van der Waals surface area contributed by atoms with E-state index in [1.807, 2.05) is 96.5 Å². The molecule has 0 N–H and O–H groups in total. The molecule has 4 aromatic rings. The Morgan fingerprint density at radius 2 is 0.711 bits per heavy atom. The van der Waals surface area contributed by atoms with Crippen molar-refractivity contribution in [1.82, 2.24) is 15.0 Å². The lowest BCUT2D eigenvalue weighted by Crippen LogP contribution is -2.24. The molecular weight excluding hydrogens is 564 g/mol. The Labute approximate surface area is 263 Å². The molecule has 9 heteroatoms. The van der Waals surface area contributed by atoms with Gasteiger partial charge in [0.15, 0.2) is 0 Å². The lowest BCUT2D eigenvalue weighted by Gasteiger charge is -2.17. The first-order chi connectivity index (χ1) is 21.4. The molecule has 0 aliphatic carbocycles. The van der Waals surface area contributed by atoms with Crippen LogP contribution in [0.15, 0.2) is 88.2 Å². The van der Waals surface area contributed by atoms with Crippen molar-refractivity contribution >= 4 is 17.7 Å². The summed E-state index contributed by atoms with van der Waals surface area (Å²) in [5, 5.41) is 0. The molecule has 0 fully saturated rings. The summed E-state index contributed by atoms with van der Waals surface area (Å²) in [5.74, 6) is 1.88. The molecule has 3 aromatic heterocycles. The molecule has 228 valence electrons. The van der Waals surface area contributed by atoms with Crippen LogP contribution in [0, 0.1) is 0 Å². The molecule has 1 aromatic carbocycles. The predicted octanol–water partition coefficient (Wildman–Crippen LogP) is 6.54. The van der Waals surface area contributed by atoms with E-state index in [0.717, 1.165) is 50.5 Å². The fourth-order valence-electron chi connectivity index (χ4n) is 5.36. The Bertz CT molecular complexity index is 1620. The van der Waals surface area contributed by atoms with Crippen molar-refractivity contribution in [2.24, 2.45) is 15.0 Å². The first-order valence-electron chi connectivity index (χ1n) is 15.2. The van der Waals surface area contributed by atoms with E-state index in [1.165, 1.54) is 0 Å². The molecule has 9 nitrogen and oxygen atoms in total. The van der Waals surface area contributed by atoms with Gasteiger partial charge in [-0.2, -0.15) is 0 Å². The minimum Gasteiger partial charge on any atom is -0.469 e. The van der Waals surface area contributed by atoms with Gasteiger partial charge in [-0.1, -0.05) is 0 Å². The summed E-state index contributed by atoms with van der Waals surface area (Å²) in [5.41, 5.74) is 6.94. The topological polar surface area (TPSA) is 103 Å². The summed E-state index contributed by atoms with van der Waals surface area (Å²) in [6, 6.07) is 18.3. The zero-order chi connectivity index (χ0) is 31.4. The lowest BCUT2D eigenvalue weighted by atomic mass is 9.98. The third-order valence-electron chi connectivity index (χ3n) is 7.78. The van der Waals surface area contributed by atoms with E-state index in [9.17, 15) is 0 Å². The maximum atomic E-state index is 6.01. The van der Waals surface area contributed by atoms with Crippen molar-refractivity contribution < 1.29 is 14.2 Å². The number of rotatable bonds is 6. The van der Waals surface area contributed by atoms with Crippen molar-refractivity contribution in [1.29, 1.82) is 0 Å². The molecule has 0 spiro atoms. The van der Waals surface area contributed by atoms with Crippen LogP contribution in [-0.2, 0) is 14.2 Å². The molecule has 0 amide bonds. The standard InChI is InChI=1S/C36H36N6O3/c1-34(2)19-40-31(43-34)22-7-10-28(37-16-22)25-13-26(29-11-8-23(17-38-29)32-41-20-35(3,4)44-32)15-27(14-25)30-12-9-24(18-39-30)33-42-21-36(5,6)45-33/h7-18H,19-21H2,1-6H3. The molecular formula is C36H36N6O3. The smallest absolute Gasteiger partial charge is 0.218 e. The van der Waals surface area contributed by atoms with E-state index >= 15 is 0 Å². The lowest BCUT2D eigenvalue weighted by molar-refractivity contribution is 0.131. The van der Waals surface area contributed by atoms with Crippen LogP contribution in [0.3, 0.4) is 0 Å². The van der Waals surface area contributed by atoms with Gasteiger partial charge in [0.25, 0.3) is 0 Å². The molecule has 0 atom stereocenters. The quantitative estimate of drug-likeness (QED) is 0.249. The maximum absolute atomic E-state index is 6.01. The van der Waals surface area contributed by atoms with Gasteiger partial charge in [-0.25, -0.2) is 15.0 Å². The van der Waals surface area contributed by atoms with Gasteiger partial charge in [-0.3, -0.25) is 15.0 Å². The first kappa shape index (κ1) is 28.8. The number of hydrogen-bond donors (Lipinski definition) is 0. The molecule has 3 aliphatic heterocycles. The molecule has 6 heterocycles. The normalized spacial score (nSPS) is 19.2. The Hall–Kier alpha value is -4.92. The predicted molar refractivity (Wildman–Crippen MR) is 176 cm³/mol. The van der Waals surface area contributed by atoms with E-state index in [4.69, 9.17) is 29.2 Å². The minimum absolute atomic E-state index is 0.304. The Kier molecular flexibility index (Phi) is 6.80. The van der Waals surface area contributed by atoms with Crippen LogP contribution in [0.2, 0.25) is 0 Å². The maximum Gasteiger partial charge on any atom is 0.218 e. The largest absolute Gasteiger partial charge is 0.469 e. The van der Waals surface area contributed by atoms with E-state index < -0.39 is 0 Å². The Balaban J connectivity index is 1.23. The van der Waals surface area contributed by atoms with Gasteiger partial charge in [0.2, 0.25) is 17.7 Å². The second-order valence-electron chi connectivity index (χ2n) is 13.5. The van der Waals surface area contributed by atoms with E-state index in [-0.39, 0.29) is 16.8 Å². The van der Waals surface area contributed by atoms with Crippen molar-refractivity contribution in [3.8, 4) is 33.8 Å². The molecule has 45 heavy (non-hydrogen) atoms. The number of ether oxygens (including phenoxy) is 3. The third kappa shape index (κ3) is 6.07. The van der Waals surface area contributed by atoms with Gasteiger partial charge in [-0.15, -0.1) is 0 Å². The fraction of sp³-hybridized carbons (Fsp3) is 0.333. The molecule has 0 unspecified atom stereocenters. The Morgan fingerprint density at radius 1 is 0.422 bits per heavy atom. The third-order valence-corrected chi connectivity index (χ3v) is 7.78. The number of benzene rings is 1. The first-order valence-corrected chi connectivity index (χ1v) is 15.2. The highest BCUT2D eigenvalue weighted by Gasteiger charge is 2.30. The van der Waals surface area contributed by atoms with Crippen LogP contribution in [0.5, 0.6) is 0 Å². The van der Waals surface area contributed by atoms with Gasteiger partial charge in [0.1, 0.15) is 16.8 Å². The average Bonchev–Trinajstić information content (AvgIpc) is 3.71. The van der Waals surface area contributed by atoms with Crippen LogP contribution < -0.4 is 0 Å². The second kappa shape index (κ2) is 10.6. The van der Waals surface area contributed by atoms with Crippen LogP contribution >= 0.6 is 0 Å². The highest BCUT2D eigenvalue weighted by Crippen LogP contribution is 2.32. The summed E-state index contributed by atoms with van der Waals surface area (Å²) in [6.45, 7) is 14.1. The highest BCUT2D eigenvalue weighted by molar-refractivity contribution is 5.97. The highest BCUT2D eigenvalue weighted by atomic mass is 16.5. The van der Waals surface area contributed by atoms with Crippen LogP contribution in [0.25, 0.3) is 33.8 Å². The molecule has 7 rings (SSSR count). The average molecular weight is 601 g/mol. The summed E-state index contributed by atoms with van der Waals surface area (Å²) in [4.78, 5) is 28.1. The fourth-order valence-corrected chi connectivity index (χ4v) is 5.36. The zero-order valence-electron chi connectivity index (χ0n) is 26.5. The van der Waals surface area contributed by atoms with Gasteiger partial charge in [-0.05, 0) is 96.1 Å². The number of nitrogens with zero attached hydrogens (tertiary/aromatic N) is 6. The molecule has 0 bridgehead atoms.